The van der Waals surface area contributed by atoms with Crippen molar-refractivity contribution in [2.45, 2.75) is 27.7 Å². The molecule has 0 saturated carbocycles. The number of carbonyl (C=O) groups excluding carboxylic acids is 3. The van der Waals surface area contributed by atoms with Gasteiger partial charge >= 0.3 is 0 Å². The van der Waals surface area contributed by atoms with Gasteiger partial charge in [0.25, 0.3) is 5.91 Å². The second kappa shape index (κ2) is 10.3. The molecule has 0 fully saturated rings. The molecule has 0 aromatic heterocycles. The first-order valence-electron chi connectivity index (χ1n) is 9.46. The number of anilines is 1. The molecule has 7 heteroatoms. The van der Waals surface area contributed by atoms with Crippen LogP contribution < -0.4 is 20.7 Å². The fraction of sp³-hybridized carbons (Fsp3) is 0.318. The molecule has 0 atom stereocenters. The molecule has 2 aromatic carbocycles. The van der Waals surface area contributed by atoms with E-state index in [1.165, 1.54) is 0 Å². The summed E-state index contributed by atoms with van der Waals surface area (Å²) in [6, 6.07) is 10.8. The highest BCUT2D eigenvalue weighted by Gasteiger charge is 2.14. The molecule has 2 rings (SSSR count). The molecular weight excluding hydrogens is 370 g/mol. The first-order valence-corrected chi connectivity index (χ1v) is 9.46. The minimum Gasteiger partial charge on any atom is -0.493 e. The van der Waals surface area contributed by atoms with Crippen LogP contribution in [0.4, 0.5) is 5.69 Å². The lowest BCUT2D eigenvalue weighted by molar-refractivity contribution is -0.123. The second-order valence-electron chi connectivity index (χ2n) is 6.71. The maximum atomic E-state index is 12.3. The van der Waals surface area contributed by atoms with E-state index in [-0.39, 0.29) is 19.0 Å². The standard InChI is InChI=1S/C22H27N3O4/c1-5-29-18-9-7-6-8-17(18)22(28)24-12-19(26)23-13-20(27)25-21-15(3)10-14(2)11-16(21)4/h6-11H,5,12-13H2,1-4H3,(H,23,26)(H,24,28)(H,25,27). The number of aryl methyl sites for hydroxylation is 3. The number of amides is 3. The number of hydrogen-bond acceptors (Lipinski definition) is 4. The van der Waals surface area contributed by atoms with Crippen molar-refractivity contribution in [1.29, 1.82) is 0 Å². The average Bonchev–Trinajstić information content (AvgIpc) is 2.68. The number of para-hydroxylation sites is 1. The van der Waals surface area contributed by atoms with Gasteiger partial charge in [-0.25, -0.2) is 0 Å². The molecule has 0 aliphatic rings. The van der Waals surface area contributed by atoms with Crippen molar-refractivity contribution >= 4 is 23.4 Å². The third-order valence-corrected chi connectivity index (χ3v) is 4.23. The molecule has 0 aliphatic carbocycles. The van der Waals surface area contributed by atoms with Crippen LogP contribution in [0.5, 0.6) is 5.75 Å². The molecule has 2 aromatic rings. The van der Waals surface area contributed by atoms with Gasteiger partial charge in [0.2, 0.25) is 11.8 Å². The molecule has 154 valence electrons. The topological polar surface area (TPSA) is 96.5 Å². The van der Waals surface area contributed by atoms with E-state index in [9.17, 15) is 14.4 Å². The molecule has 3 amide bonds. The predicted octanol–water partition coefficient (Wildman–Crippen LogP) is 2.50. The maximum Gasteiger partial charge on any atom is 0.255 e. The molecule has 0 radical (unpaired) electrons. The quantitative estimate of drug-likeness (QED) is 0.638. The Hall–Kier alpha value is -3.35. The average molecular weight is 397 g/mol. The van der Waals surface area contributed by atoms with Gasteiger partial charge in [-0.1, -0.05) is 29.8 Å². The summed E-state index contributed by atoms with van der Waals surface area (Å²) >= 11 is 0. The maximum absolute atomic E-state index is 12.3. The summed E-state index contributed by atoms with van der Waals surface area (Å²) < 4.78 is 5.41. The molecule has 7 nitrogen and oxygen atoms in total. The molecule has 0 saturated heterocycles. The van der Waals surface area contributed by atoms with Gasteiger partial charge < -0.3 is 20.7 Å². The van der Waals surface area contributed by atoms with Crippen molar-refractivity contribution in [3.8, 4) is 5.75 Å². The predicted molar refractivity (Wildman–Crippen MR) is 112 cm³/mol. The van der Waals surface area contributed by atoms with E-state index in [4.69, 9.17) is 4.74 Å². The van der Waals surface area contributed by atoms with Crippen LogP contribution in [0.1, 0.15) is 34.0 Å². The summed E-state index contributed by atoms with van der Waals surface area (Å²) in [6.45, 7) is 7.67. The fourth-order valence-corrected chi connectivity index (χ4v) is 2.99. The van der Waals surface area contributed by atoms with E-state index in [1.54, 1.807) is 24.3 Å². The summed E-state index contributed by atoms with van der Waals surface area (Å²) in [5, 5.41) is 7.85. The summed E-state index contributed by atoms with van der Waals surface area (Å²) in [5.41, 5.74) is 4.14. The summed E-state index contributed by atoms with van der Waals surface area (Å²) in [4.78, 5) is 36.4. The molecule has 0 spiro atoms. The van der Waals surface area contributed by atoms with E-state index < -0.39 is 11.8 Å². The number of carbonyl (C=O) groups is 3. The van der Waals surface area contributed by atoms with Gasteiger partial charge in [0, 0.05) is 5.69 Å². The van der Waals surface area contributed by atoms with Gasteiger partial charge in [-0.2, -0.15) is 0 Å². The van der Waals surface area contributed by atoms with Crippen molar-refractivity contribution in [2.75, 3.05) is 25.0 Å². The zero-order valence-corrected chi connectivity index (χ0v) is 17.2. The Kier molecular flexibility index (Phi) is 7.77. The normalized spacial score (nSPS) is 10.2. The minimum atomic E-state index is -0.459. The highest BCUT2D eigenvalue weighted by Crippen LogP contribution is 2.21. The zero-order chi connectivity index (χ0) is 21.4. The monoisotopic (exact) mass is 397 g/mol. The molecule has 0 aliphatic heterocycles. The van der Waals surface area contributed by atoms with Gasteiger partial charge in [-0.15, -0.1) is 0 Å². The van der Waals surface area contributed by atoms with Crippen LogP contribution in [-0.4, -0.2) is 37.4 Å². The summed E-state index contributed by atoms with van der Waals surface area (Å²) in [5.74, 6) is -0.753. The number of benzene rings is 2. The van der Waals surface area contributed by atoms with E-state index >= 15 is 0 Å². The fourth-order valence-electron chi connectivity index (χ4n) is 2.99. The summed E-state index contributed by atoms with van der Waals surface area (Å²) in [7, 11) is 0. The van der Waals surface area contributed by atoms with Crippen LogP contribution in [0.3, 0.4) is 0 Å². The molecule has 0 heterocycles. The Morgan fingerprint density at radius 1 is 0.897 bits per heavy atom. The van der Waals surface area contributed by atoms with Crippen molar-refractivity contribution in [2.24, 2.45) is 0 Å². The highest BCUT2D eigenvalue weighted by molar-refractivity contribution is 5.99. The Labute approximate surface area is 170 Å². The zero-order valence-electron chi connectivity index (χ0n) is 17.2. The SMILES string of the molecule is CCOc1ccccc1C(=O)NCC(=O)NCC(=O)Nc1c(C)cc(C)cc1C. The van der Waals surface area contributed by atoms with Crippen molar-refractivity contribution in [1.82, 2.24) is 10.6 Å². The molecule has 3 N–H and O–H groups in total. The first-order chi connectivity index (χ1) is 13.8. The van der Waals surface area contributed by atoms with Crippen molar-refractivity contribution in [3.63, 3.8) is 0 Å². The molecular formula is C22H27N3O4. The van der Waals surface area contributed by atoms with Crippen LogP contribution in [0.15, 0.2) is 36.4 Å². The summed E-state index contributed by atoms with van der Waals surface area (Å²) in [6.07, 6.45) is 0. The molecule has 0 unspecified atom stereocenters. The Morgan fingerprint density at radius 3 is 2.17 bits per heavy atom. The van der Waals surface area contributed by atoms with Gasteiger partial charge in [-0.3, -0.25) is 14.4 Å². The van der Waals surface area contributed by atoms with Gasteiger partial charge in [0.1, 0.15) is 5.75 Å². The number of hydrogen-bond donors (Lipinski definition) is 3. The molecule has 0 bridgehead atoms. The van der Waals surface area contributed by atoms with Gasteiger partial charge in [-0.05, 0) is 51.0 Å². The molecule has 29 heavy (non-hydrogen) atoms. The number of ether oxygens (including phenoxy) is 1. The Morgan fingerprint density at radius 2 is 1.52 bits per heavy atom. The van der Waals surface area contributed by atoms with Crippen molar-refractivity contribution < 1.29 is 19.1 Å². The smallest absolute Gasteiger partial charge is 0.255 e. The third-order valence-electron chi connectivity index (χ3n) is 4.23. The second-order valence-corrected chi connectivity index (χ2v) is 6.71. The van der Waals surface area contributed by atoms with Crippen molar-refractivity contribution in [3.05, 3.63) is 58.7 Å². The van der Waals surface area contributed by atoms with E-state index in [2.05, 4.69) is 16.0 Å². The number of nitrogens with one attached hydrogen (secondary N) is 3. The lowest BCUT2D eigenvalue weighted by Crippen LogP contribution is -2.40. The van der Waals surface area contributed by atoms with Gasteiger partial charge in [0.15, 0.2) is 0 Å². The Bertz CT molecular complexity index is 886. The van der Waals surface area contributed by atoms with Crippen LogP contribution >= 0.6 is 0 Å². The minimum absolute atomic E-state index is 0.184. The lowest BCUT2D eigenvalue weighted by Gasteiger charge is -2.13. The van der Waals surface area contributed by atoms with E-state index in [0.717, 1.165) is 22.4 Å². The van der Waals surface area contributed by atoms with Crippen LogP contribution in [0.2, 0.25) is 0 Å². The first kappa shape index (κ1) is 21.9. The van der Waals surface area contributed by atoms with Crippen LogP contribution in [0, 0.1) is 20.8 Å². The lowest BCUT2D eigenvalue weighted by atomic mass is 10.1. The Balaban J connectivity index is 1.83. The van der Waals surface area contributed by atoms with Crippen LogP contribution in [-0.2, 0) is 9.59 Å². The van der Waals surface area contributed by atoms with E-state index in [1.807, 2.05) is 39.8 Å². The van der Waals surface area contributed by atoms with Gasteiger partial charge in [0.05, 0.1) is 25.3 Å². The third kappa shape index (κ3) is 6.34. The largest absolute Gasteiger partial charge is 0.493 e. The van der Waals surface area contributed by atoms with E-state index in [0.29, 0.717) is 17.9 Å². The number of rotatable bonds is 8. The van der Waals surface area contributed by atoms with Crippen LogP contribution in [0.25, 0.3) is 0 Å². The highest BCUT2D eigenvalue weighted by atomic mass is 16.5.